The van der Waals surface area contributed by atoms with Gasteiger partial charge in [-0.3, -0.25) is 9.59 Å². The average Bonchev–Trinajstić information content (AvgIpc) is 2.37. The number of nitrogens with one attached hydrogen (secondary N) is 2. The summed E-state index contributed by atoms with van der Waals surface area (Å²) in [6.07, 6.45) is 0. The lowest BCUT2D eigenvalue weighted by Crippen LogP contribution is -2.43. The number of nitrogens with two attached hydrogens (primary N) is 1. The van der Waals surface area contributed by atoms with Gasteiger partial charge in [-0.05, 0) is 24.6 Å². The van der Waals surface area contributed by atoms with Crippen molar-refractivity contribution in [1.29, 1.82) is 0 Å². The molecule has 0 heterocycles. The number of hydrogen-bond donors (Lipinski definition) is 3. The van der Waals surface area contributed by atoms with Crippen LogP contribution in [-0.4, -0.2) is 24.9 Å². The monoisotopic (exact) mass is 235 g/mol. The maximum Gasteiger partial charge on any atom is 0.251 e. The first-order chi connectivity index (χ1) is 8.08. The predicted molar refractivity (Wildman–Crippen MR) is 65.3 cm³/mol. The minimum absolute atomic E-state index is 0.228. The number of rotatable bonds is 4. The van der Waals surface area contributed by atoms with Gasteiger partial charge in [0.15, 0.2) is 0 Å². The molecule has 0 aliphatic carbocycles. The molecule has 5 nitrogen and oxygen atoms in total. The molecule has 0 aromatic heterocycles. The van der Waals surface area contributed by atoms with Crippen molar-refractivity contribution < 1.29 is 9.59 Å². The summed E-state index contributed by atoms with van der Waals surface area (Å²) in [5.41, 5.74) is 6.88. The third-order valence-electron chi connectivity index (χ3n) is 2.41. The van der Waals surface area contributed by atoms with Gasteiger partial charge in [-0.1, -0.05) is 12.1 Å². The largest absolute Gasteiger partial charge is 0.357 e. The van der Waals surface area contributed by atoms with E-state index in [0.717, 1.165) is 5.56 Å². The molecule has 0 aliphatic rings. The Morgan fingerprint density at radius 2 is 2.12 bits per heavy atom. The molecule has 0 spiro atoms. The van der Waals surface area contributed by atoms with Crippen molar-refractivity contribution in [1.82, 2.24) is 10.6 Å². The Labute approximate surface area is 100 Å². The molecule has 4 N–H and O–H groups in total. The summed E-state index contributed by atoms with van der Waals surface area (Å²) in [6.45, 7) is 2.01. The minimum atomic E-state index is -0.561. The van der Waals surface area contributed by atoms with Crippen LogP contribution in [0.15, 0.2) is 24.3 Å². The highest BCUT2D eigenvalue weighted by atomic mass is 16.2. The second kappa shape index (κ2) is 6.00. The standard InChI is InChI=1S/C12H17N3O2/c1-8(11(16)14-2)15-12(17)10-5-3-4-9(6-10)7-13/h3-6,8H,7,13H2,1-2H3,(H,14,16)(H,15,17). The van der Waals surface area contributed by atoms with Crippen LogP contribution in [0.2, 0.25) is 0 Å². The summed E-state index contributed by atoms with van der Waals surface area (Å²) in [5.74, 6) is -0.510. The van der Waals surface area contributed by atoms with Gasteiger partial charge in [-0.25, -0.2) is 0 Å². The zero-order valence-electron chi connectivity index (χ0n) is 9.99. The average molecular weight is 235 g/mol. The fourth-order valence-corrected chi connectivity index (χ4v) is 1.40. The Kier molecular flexibility index (Phi) is 4.66. The molecular weight excluding hydrogens is 218 g/mol. The van der Waals surface area contributed by atoms with E-state index >= 15 is 0 Å². The van der Waals surface area contributed by atoms with Gasteiger partial charge < -0.3 is 16.4 Å². The van der Waals surface area contributed by atoms with E-state index in [2.05, 4.69) is 10.6 Å². The Morgan fingerprint density at radius 3 is 2.71 bits per heavy atom. The molecule has 0 saturated heterocycles. The summed E-state index contributed by atoms with van der Waals surface area (Å²) in [6, 6.07) is 6.45. The zero-order valence-corrected chi connectivity index (χ0v) is 9.99. The molecule has 0 radical (unpaired) electrons. The lowest BCUT2D eigenvalue weighted by molar-refractivity contribution is -0.122. The van der Waals surface area contributed by atoms with Gasteiger partial charge in [-0.2, -0.15) is 0 Å². The Bertz CT molecular complexity index is 418. The van der Waals surface area contributed by atoms with E-state index in [-0.39, 0.29) is 11.8 Å². The Balaban J connectivity index is 2.72. The van der Waals surface area contributed by atoms with E-state index in [1.807, 2.05) is 6.07 Å². The van der Waals surface area contributed by atoms with Crippen LogP contribution < -0.4 is 16.4 Å². The van der Waals surface area contributed by atoms with Crippen LogP contribution in [0.5, 0.6) is 0 Å². The van der Waals surface area contributed by atoms with Crippen molar-refractivity contribution in [2.24, 2.45) is 5.73 Å². The molecule has 0 fully saturated rings. The van der Waals surface area contributed by atoms with Crippen molar-refractivity contribution >= 4 is 11.8 Å². The van der Waals surface area contributed by atoms with Crippen LogP contribution >= 0.6 is 0 Å². The van der Waals surface area contributed by atoms with Gasteiger partial charge in [-0.15, -0.1) is 0 Å². The van der Waals surface area contributed by atoms with Crippen molar-refractivity contribution in [3.05, 3.63) is 35.4 Å². The van der Waals surface area contributed by atoms with Crippen LogP contribution in [0.4, 0.5) is 0 Å². The highest BCUT2D eigenvalue weighted by Crippen LogP contribution is 2.04. The molecule has 1 aromatic carbocycles. The maximum atomic E-state index is 11.8. The molecule has 1 rings (SSSR count). The van der Waals surface area contributed by atoms with Gasteiger partial charge in [0, 0.05) is 19.2 Å². The van der Waals surface area contributed by atoms with Gasteiger partial charge in [0.2, 0.25) is 5.91 Å². The first-order valence-corrected chi connectivity index (χ1v) is 5.40. The molecule has 2 amide bonds. The van der Waals surface area contributed by atoms with Crippen LogP contribution in [0.25, 0.3) is 0 Å². The smallest absolute Gasteiger partial charge is 0.251 e. The molecule has 1 unspecified atom stereocenters. The summed E-state index contributed by atoms with van der Waals surface area (Å²) in [4.78, 5) is 23.1. The van der Waals surface area contributed by atoms with E-state index in [1.165, 1.54) is 7.05 Å². The first-order valence-electron chi connectivity index (χ1n) is 5.40. The highest BCUT2D eigenvalue weighted by molar-refractivity contribution is 5.97. The van der Waals surface area contributed by atoms with Crippen LogP contribution in [0.1, 0.15) is 22.8 Å². The van der Waals surface area contributed by atoms with Crippen molar-refractivity contribution in [3.8, 4) is 0 Å². The van der Waals surface area contributed by atoms with Crippen molar-refractivity contribution in [2.45, 2.75) is 19.5 Å². The van der Waals surface area contributed by atoms with E-state index in [4.69, 9.17) is 5.73 Å². The summed E-state index contributed by atoms with van der Waals surface area (Å²) in [7, 11) is 1.53. The first kappa shape index (κ1) is 13.2. The quantitative estimate of drug-likeness (QED) is 0.687. The molecule has 0 aliphatic heterocycles. The molecule has 17 heavy (non-hydrogen) atoms. The number of amides is 2. The number of hydrogen-bond acceptors (Lipinski definition) is 3. The van der Waals surface area contributed by atoms with Crippen LogP contribution in [-0.2, 0) is 11.3 Å². The molecule has 1 aromatic rings. The van der Waals surface area contributed by atoms with Gasteiger partial charge in [0.25, 0.3) is 5.91 Å². The molecule has 92 valence electrons. The topological polar surface area (TPSA) is 84.2 Å². The van der Waals surface area contributed by atoms with Gasteiger partial charge in [0.1, 0.15) is 6.04 Å². The summed E-state index contributed by atoms with van der Waals surface area (Å²) < 4.78 is 0. The summed E-state index contributed by atoms with van der Waals surface area (Å²) in [5, 5.41) is 5.08. The second-order valence-corrected chi connectivity index (χ2v) is 3.71. The Morgan fingerprint density at radius 1 is 1.41 bits per heavy atom. The third-order valence-corrected chi connectivity index (χ3v) is 2.41. The number of likely N-dealkylation sites (N-methyl/N-ethyl adjacent to an activating group) is 1. The molecule has 0 bridgehead atoms. The highest BCUT2D eigenvalue weighted by Gasteiger charge is 2.15. The minimum Gasteiger partial charge on any atom is -0.357 e. The maximum absolute atomic E-state index is 11.8. The zero-order chi connectivity index (χ0) is 12.8. The molecule has 0 saturated carbocycles. The normalized spacial score (nSPS) is 11.7. The van der Waals surface area contributed by atoms with Crippen molar-refractivity contribution in [2.75, 3.05) is 7.05 Å². The van der Waals surface area contributed by atoms with E-state index < -0.39 is 6.04 Å². The molecule has 1 atom stereocenters. The lowest BCUT2D eigenvalue weighted by Gasteiger charge is -2.12. The second-order valence-electron chi connectivity index (χ2n) is 3.71. The SMILES string of the molecule is CNC(=O)C(C)NC(=O)c1cccc(CN)c1. The van der Waals surface area contributed by atoms with Crippen molar-refractivity contribution in [3.63, 3.8) is 0 Å². The van der Waals surface area contributed by atoms with E-state index in [9.17, 15) is 9.59 Å². The van der Waals surface area contributed by atoms with E-state index in [0.29, 0.717) is 12.1 Å². The number of benzene rings is 1. The number of carbonyl (C=O) groups excluding carboxylic acids is 2. The predicted octanol–water partition coefficient (Wildman–Crippen LogP) is 0.00960. The number of carbonyl (C=O) groups is 2. The fraction of sp³-hybridized carbons (Fsp3) is 0.333. The van der Waals surface area contributed by atoms with Crippen LogP contribution in [0.3, 0.4) is 0 Å². The third kappa shape index (κ3) is 3.57. The van der Waals surface area contributed by atoms with Gasteiger partial charge in [0.05, 0.1) is 0 Å². The molecule has 5 heteroatoms. The molecular formula is C12H17N3O2. The van der Waals surface area contributed by atoms with E-state index in [1.54, 1.807) is 25.1 Å². The Hall–Kier alpha value is -1.88. The summed E-state index contributed by atoms with van der Waals surface area (Å²) >= 11 is 0. The van der Waals surface area contributed by atoms with Crippen LogP contribution in [0, 0.1) is 0 Å². The van der Waals surface area contributed by atoms with Gasteiger partial charge >= 0.3 is 0 Å². The lowest BCUT2D eigenvalue weighted by atomic mass is 10.1. The fourth-order valence-electron chi connectivity index (χ4n) is 1.40.